The van der Waals surface area contributed by atoms with Gasteiger partial charge < -0.3 is 14.9 Å². The average Bonchev–Trinajstić information content (AvgIpc) is 2.39. The van der Waals surface area contributed by atoms with Crippen LogP contribution in [0.25, 0.3) is 0 Å². The van der Waals surface area contributed by atoms with E-state index < -0.39 is 6.10 Å². The maximum atomic E-state index is 9.87. The summed E-state index contributed by atoms with van der Waals surface area (Å²) in [5.74, 6) is 0.810. The molecule has 1 aromatic carbocycles. The van der Waals surface area contributed by atoms with Crippen molar-refractivity contribution in [2.24, 2.45) is 5.92 Å². The van der Waals surface area contributed by atoms with E-state index in [4.69, 9.17) is 0 Å². The Balaban J connectivity index is 2.02. The molecule has 1 heterocycles. The number of aliphatic hydroxyl groups excluding tert-OH is 1. The Kier molecular flexibility index (Phi) is 4.83. The second kappa shape index (κ2) is 6.40. The van der Waals surface area contributed by atoms with Crippen LogP contribution in [0, 0.1) is 5.92 Å². The summed E-state index contributed by atoms with van der Waals surface area (Å²) in [6.45, 7) is 5.23. The predicted octanol–water partition coefficient (Wildman–Crippen LogP) is 2.52. The van der Waals surface area contributed by atoms with Crippen LogP contribution in [0.15, 0.2) is 24.3 Å². The van der Waals surface area contributed by atoms with Crippen molar-refractivity contribution in [1.29, 1.82) is 0 Å². The molecule has 0 radical (unpaired) electrons. The smallest absolute Gasteiger partial charge is 0.0781 e. The number of piperidine rings is 1. The topological polar surface area (TPSA) is 26.7 Å². The van der Waals surface area contributed by atoms with Gasteiger partial charge in [0, 0.05) is 30.9 Å². The molecule has 0 bridgehead atoms. The Morgan fingerprint density at radius 2 is 1.89 bits per heavy atom. The summed E-state index contributed by atoms with van der Waals surface area (Å²) in [6, 6.07) is 8.23. The van der Waals surface area contributed by atoms with Crippen LogP contribution >= 0.6 is 0 Å². The number of anilines is 1. The first-order valence-corrected chi connectivity index (χ1v) is 7.24. The largest absolute Gasteiger partial charge is 0.389 e. The molecule has 1 fully saturated rings. The molecule has 1 aliphatic heterocycles. The molecular formula is C16H26N2O. The molecule has 1 aliphatic rings. The Bertz CT molecular complexity index is 395. The maximum absolute atomic E-state index is 9.87. The van der Waals surface area contributed by atoms with E-state index in [9.17, 15) is 5.11 Å². The third-order valence-corrected chi connectivity index (χ3v) is 3.97. The van der Waals surface area contributed by atoms with Gasteiger partial charge >= 0.3 is 0 Å². The molecular weight excluding hydrogens is 236 g/mol. The molecule has 0 unspecified atom stereocenters. The number of hydrogen-bond donors (Lipinski definition) is 1. The third kappa shape index (κ3) is 3.71. The lowest BCUT2D eigenvalue weighted by atomic mass is 9.95. The highest BCUT2D eigenvalue weighted by Gasteiger charge is 2.22. The van der Waals surface area contributed by atoms with E-state index in [0.717, 1.165) is 24.6 Å². The molecule has 106 valence electrons. The van der Waals surface area contributed by atoms with Crippen molar-refractivity contribution >= 4 is 5.69 Å². The van der Waals surface area contributed by atoms with Gasteiger partial charge in [-0.3, -0.25) is 0 Å². The van der Waals surface area contributed by atoms with E-state index in [1.54, 1.807) is 0 Å². The van der Waals surface area contributed by atoms with Crippen molar-refractivity contribution in [3.05, 3.63) is 29.8 Å². The lowest BCUT2D eigenvalue weighted by Crippen LogP contribution is -2.37. The van der Waals surface area contributed by atoms with Crippen molar-refractivity contribution in [1.82, 2.24) is 4.90 Å². The fraction of sp³-hybridized carbons (Fsp3) is 0.625. The first-order valence-electron chi connectivity index (χ1n) is 7.24. The van der Waals surface area contributed by atoms with Crippen molar-refractivity contribution in [2.45, 2.75) is 25.9 Å². The summed E-state index contributed by atoms with van der Waals surface area (Å²) in [4.78, 5) is 4.71. The standard InChI is InChI=1S/C16H26N2O/c1-13(19)15-6-4-5-7-16(15)18-10-8-14(9-11-18)12-17(2)3/h4-7,13-14,19H,8-12H2,1-3H3/t13-/m1/s1. The van der Waals surface area contributed by atoms with E-state index in [0.29, 0.717) is 0 Å². The second-order valence-electron chi connectivity index (χ2n) is 5.93. The van der Waals surface area contributed by atoms with Gasteiger partial charge in [0.1, 0.15) is 0 Å². The van der Waals surface area contributed by atoms with Crippen molar-refractivity contribution < 1.29 is 5.11 Å². The SMILES string of the molecule is C[C@@H](O)c1ccccc1N1CCC(CN(C)C)CC1. The van der Waals surface area contributed by atoms with Crippen LogP contribution in [0.1, 0.15) is 31.4 Å². The number of aliphatic hydroxyl groups is 1. The zero-order valence-corrected chi connectivity index (χ0v) is 12.3. The summed E-state index contributed by atoms with van der Waals surface area (Å²) in [5, 5.41) is 9.87. The van der Waals surface area contributed by atoms with Gasteiger partial charge in [-0.25, -0.2) is 0 Å². The molecule has 19 heavy (non-hydrogen) atoms. The number of hydrogen-bond acceptors (Lipinski definition) is 3. The molecule has 3 heteroatoms. The Morgan fingerprint density at radius 3 is 2.47 bits per heavy atom. The first kappa shape index (κ1) is 14.4. The quantitative estimate of drug-likeness (QED) is 0.903. The maximum Gasteiger partial charge on any atom is 0.0781 e. The molecule has 0 amide bonds. The Morgan fingerprint density at radius 1 is 1.26 bits per heavy atom. The van der Waals surface area contributed by atoms with E-state index in [1.807, 2.05) is 19.1 Å². The van der Waals surface area contributed by atoms with Gasteiger partial charge in [-0.1, -0.05) is 18.2 Å². The van der Waals surface area contributed by atoms with E-state index >= 15 is 0 Å². The van der Waals surface area contributed by atoms with Crippen LogP contribution in [0.3, 0.4) is 0 Å². The van der Waals surface area contributed by atoms with Crippen LogP contribution in [0.5, 0.6) is 0 Å². The Hall–Kier alpha value is -1.06. The minimum Gasteiger partial charge on any atom is -0.389 e. The monoisotopic (exact) mass is 262 g/mol. The van der Waals surface area contributed by atoms with Gasteiger partial charge in [0.15, 0.2) is 0 Å². The first-order chi connectivity index (χ1) is 9.08. The fourth-order valence-corrected chi connectivity index (χ4v) is 3.00. The van der Waals surface area contributed by atoms with Gasteiger partial charge in [-0.05, 0) is 45.8 Å². The summed E-state index contributed by atoms with van der Waals surface area (Å²) in [5.41, 5.74) is 2.26. The molecule has 0 saturated carbocycles. The number of para-hydroxylation sites is 1. The zero-order valence-electron chi connectivity index (χ0n) is 12.3. The molecule has 1 aromatic rings. The zero-order chi connectivity index (χ0) is 13.8. The van der Waals surface area contributed by atoms with E-state index in [1.165, 1.54) is 25.1 Å². The second-order valence-corrected chi connectivity index (χ2v) is 5.93. The molecule has 0 aliphatic carbocycles. The summed E-state index contributed by atoms with van der Waals surface area (Å²) in [6.07, 6.45) is 2.09. The van der Waals surface area contributed by atoms with Gasteiger partial charge in [0.2, 0.25) is 0 Å². The van der Waals surface area contributed by atoms with Gasteiger partial charge in [0.05, 0.1) is 6.10 Å². The number of benzene rings is 1. The lowest BCUT2D eigenvalue weighted by Gasteiger charge is -2.36. The van der Waals surface area contributed by atoms with Crippen LogP contribution in [-0.4, -0.2) is 43.7 Å². The highest BCUT2D eigenvalue weighted by molar-refractivity contribution is 5.54. The van der Waals surface area contributed by atoms with Crippen LogP contribution in [-0.2, 0) is 0 Å². The van der Waals surface area contributed by atoms with E-state index in [2.05, 4.69) is 36.0 Å². The number of rotatable bonds is 4. The predicted molar refractivity (Wildman–Crippen MR) is 80.6 cm³/mol. The van der Waals surface area contributed by atoms with Gasteiger partial charge in [0.25, 0.3) is 0 Å². The Labute approximate surface area is 116 Å². The minimum atomic E-state index is -0.393. The molecule has 1 saturated heterocycles. The number of nitrogens with zero attached hydrogens (tertiary/aromatic N) is 2. The molecule has 1 N–H and O–H groups in total. The van der Waals surface area contributed by atoms with Crippen molar-refractivity contribution in [3.63, 3.8) is 0 Å². The average molecular weight is 262 g/mol. The van der Waals surface area contributed by atoms with Crippen molar-refractivity contribution in [2.75, 3.05) is 38.6 Å². The lowest BCUT2D eigenvalue weighted by molar-refractivity contribution is 0.199. The van der Waals surface area contributed by atoms with E-state index in [-0.39, 0.29) is 0 Å². The van der Waals surface area contributed by atoms with Crippen LogP contribution in [0.2, 0.25) is 0 Å². The molecule has 1 atom stereocenters. The third-order valence-electron chi connectivity index (χ3n) is 3.97. The summed E-state index contributed by atoms with van der Waals surface area (Å²) < 4.78 is 0. The van der Waals surface area contributed by atoms with Gasteiger partial charge in [-0.2, -0.15) is 0 Å². The summed E-state index contributed by atoms with van der Waals surface area (Å²) >= 11 is 0. The molecule has 3 nitrogen and oxygen atoms in total. The fourth-order valence-electron chi connectivity index (χ4n) is 3.00. The highest BCUT2D eigenvalue weighted by Crippen LogP contribution is 2.29. The molecule has 0 spiro atoms. The molecule has 2 rings (SSSR count). The van der Waals surface area contributed by atoms with Crippen LogP contribution < -0.4 is 4.90 Å². The summed E-state index contributed by atoms with van der Waals surface area (Å²) in [7, 11) is 4.30. The van der Waals surface area contributed by atoms with Crippen LogP contribution in [0.4, 0.5) is 5.69 Å². The highest BCUT2D eigenvalue weighted by atomic mass is 16.3. The minimum absolute atomic E-state index is 0.393. The van der Waals surface area contributed by atoms with Crippen molar-refractivity contribution in [3.8, 4) is 0 Å². The molecule has 0 aromatic heterocycles. The van der Waals surface area contributed by atoms with Gasteiger partial charge in [-0.15, -0.1) is 0 Å². The normalized spacial score (nSPS) is 18.9.